The highest BCUT2D eigenvalue weighted by Crippen LogP contribution is 2.49. The van der Waals surface area contributed by atoms with E-state index in [1.165, 1.54) is 85.8 Å². The maximum absolute atomic E-state index is 2.49. The molecule has 0 atom stereocenters. The number of hydrogen-bond acceptors (Lipinski definition) is 2. The van der Waals surface area contributed by atoms with Gasteiger partial charge in [0.15, 0.2) is 0 Å². The second-order valence-corrected chi connectivity index (χ2v) is 13.5. The first kappa shape index (κ1) is 27.2. The number of rotatable bonds is 4. The van der Waals surface area contributed by atoms with E-state index in [0.717, 1.165) is 5.69 Å². The van der Waals surface area contributed by atoms with E-state index >= 15 is 0 Å². The Bertz CT molecular complexity index is 2830. The van der Waals surface area contributed by atoms with Crippen molar-refractivity contribution < 1.29 is 0 Å². The molecule has 1 heterocycles. The molecule has 1 nitrogen and oxygen atoms in total. The summed E-state index contributed by atoms with van der Waals surface area (Å²) < 4.78 is 2.63. The monoisotopic (exact) mass is 627 g/mol. The average Bonchev–Trinajstić information content (AvgIpc) is 3.55. The summed E-state index contributed by atoms with van der Waals surface area (Å²) in [5.41, 5.74) is 5.93. The van der Waals surface area contributed by atoms with Crippen LogP contribution >= 0.6 is 11.3 Å². The molecular weight excluding hydrogens is 599 g/mol. The molecule has 2 heteroatoms. The van der Waals surface area contributed by atoms with E-state index in [-0.39, 0.29) is 0 Å². The number of anilines is 3. The zero-order chi connectivity index (χ0) is 31.6. The van der Waals surface area contributed by atoms with Crippen molar-refractivity contribution in [2.75, 3.05) is 4.90 Å². The summed E-state index contributed by atoms with van der Waals surface area (Å²) in [6.07, 6.45) is 0. The largest absolute Gasteiger partial charge is 0.308 e. The van der Waals surface area contributed by atoms with Crippen molar-refractivity contribution in [1.82, 2.24) is 0 Å². The van der Waals surface area contributed by atoms with Gasteiger partial charge in [-0.3, -0.25) is 0 Å². The van der Waals surface area contributed by atoms with Crippen LogP contribution in [-0.2, 0) is 0 Å². The molecule has 0 bridgehead atoms. The standard InChI is InChI=1S/C46H29NS/c1-2-11-30(12-3-1)31-23-26-35(27-24-31)47(42-20-10-19-40-41-28-25-33-14-5-7-16-37(33)45(41)48-46(40)42)43-29-34-22-21-32-13-4-6-15-36(32)44(34)39-18-9-8-17-38(39)43/h1-29H. The minimum absolute atomic E-state index is 1.13. The van der Waals surface area contributed by atoms with E-state index in [1.54, 1.807) is 0 Å². The third-order valence-corrected chi connectivity index (χ3v) is 11.1. The highest BCUT2D eigenvalue weighted by atomic mass is 32.1. The van der Waals surface area contributed by atoms with Gasteiger partial charge in [0.25, 0.3) is 0 Å². The summed E-state index contributed by atoms with van der Waals surface area (Å²) in [6, 6.07) is 64.4. The zero-order valence-electron chi connectivity index (χ0n) is 26.1. The number of hydrogen-bond donors (Lipinski definition) is 0. The lowest BCUT2D eigenvalue weighted by molar-refractivity contribution is 1.32. The van der Waals surface area contributed by atoms with Gasteiger partial charge in [-0.1, -0.05) is 152 Å². The molecule has 0 amide bonds. The fourth-order valence-corrected chi connectivity index (χ4v) is 8.91. The van der Waals surface area contributed by atoms with Crippen molar-refractivity contribution in [2.24, 2.45) is 0 Å². The summed E-state index contributed by atoms with van der Waals surface area (Å²) in [5, 5.41) is 12.8. The zero-order valence-corrected chi connectivity index (χ0v) is 26.9. The lowest BCUT2D eigenvalue weighted by atomic mass is 9.94. The molecular formula is C46H29NS. The first-order valence-electron chi connectivity index (χ1n) is 16.4. The van der Waals surface area contributed by atoms with Crippen LogP contribution < -0.4 is 4.90 Å². The Morgan fingerprint density at radius 1 is 0.333 bits per heavy atom. The highest BCUT2D eigenvalue weighted by molar-refractivity contribution is 7.27. The summed E-state index contributed by atoms with van der Waals surface area (Å²) in [4.78, 5) is 2.49. The van der Waals surface area contributed by atoms with Gasteiger partial charge in [-0.2, -0.15) is 0 Å². The molecule has 224 valence electrons. The fourth-order valence-electron chi connectivity index (χ4n) is 7.57. The van der Waals surface area contributed by atoms with Gasteiger partial charge in [-0.05, 0) is 73.1 Å². The molecule has 0 radical (unpaired) electrons. The minimum atomic E-state index is 1.13. The molecule has 10 aromatic rings. The predicted molar refractivity (Wildman–Crippen MR) is 209 cm³/mol. The molecule has 1 aromatic heterocycles. The normalized spacial score (nSPS) is 11.8. The van der Waals surface area contributed by atoms with Crippen molar-refractivity contribution in [3.05, 3.63) is 176 Å². The summed E-state index contributed by atoms with van der Waals surface area (Å²) in [6.45, 7) is 0. The molecule has 0 unspecified atom stereocenters. The van der Waals surface area contributed by atoms with E-state index < -0.39 is 0 Å². The van der Waals surface area contributed by atoms with Gasteiger partial charge in [0.1, 0.15) is 0 Å². The molecule has 0 spiro atoms. The van der Waals surface area contributed by atoms with Gasteiger partial charge in [0, 0.05) is 26.5 Å². The van der Waals surface area contributed by atoms with Crippen LogP contribution in [0.3, 0.4) is 0 Å². The minimum Gasteiger partial charge on any atom is -0.308 e. The Kier molecular flexibility index (Phi) is 6.12. The van der Waals surface area contributed by atoms with Gasteiger partial charge in [0.05, 0.1) is 16.1 Å². The smallest absolute Gasteiger partial charge is 0.0640 e. The number of fused-ring (bicyclic) bond motifs is 10. The van der Waals surface area contributed by atoms with Crippen molar-refractivity contribution in [3.63, 3.8) is 0 Å². The van der Waals surface area contributed by atoms with E-state index in [9.17, 15) is 0 Å². The molecule has 0 aliphatic heterocycles. The van der Waals surface area contributed by atoms with Crippen molar-refractivity contribution in [2.45, 2.75) is 0 Å². The Morgan fingerprint density at radius 2 is 0.917 bits per heavy atom. The average molecular weight is 628 g/mol. The van der Waals surface area contributed by atoms with Gasteiger partial charge in [0.2, 0.25) is 0 Å². The van der Waals surface area contributed by atoms with Crippen LogP contribution in [0, 0.1) is 0 Å². The quantitative estimate of drug-likeness (QED) is 0.176. The second-order valence-electron chi connectivity index (χ2n) is 12.5. The second kappa shape index (κ2) is 10.8. The highest BCUT2D eigenvalue weighted by Gasteiger charge is 2.22. The Morgan fingerprint density at radius 3 is 1.73 bits per heavy atom. The van der Waals surface area contributed by atoms with Crippen LogP contribution in [0.5, 0.6) is 0 Å². The Labute approximate surface area is 282 Å². The number of nitrogens with zero attached hydrogens (tertiary/aromatic N) is 1. The summed E-state index contributed by atoms with van der Waals surface area (Å²) >= 11 is 1.90. The summed E-state index contributed by atoms with van der Waals surface area (Å²) in [5.74, 6) is 0. The van der Waals surface area contributed by atoms with E-state index in [2.05, 4.69) is 181 Å². The van der Waals surface area contributed by atoms with Crippen molar-refractivity contribution in [1.29, 1.82) is 0 Å². The topological polar surface area (TPSA) is 3.24 Å². The first-order valence-corrected chi connectivity index (χ1v) is 17.3. The van der Waals surface area contributed by atoms with Crippen LogP contribution in [-0.4, -0.2) is 0 Å². The van der Waals surface area contributed by atoms with Crippen LogP contribution in [0.1, 0.15) is 0 Å². The van der Waals surface area contributed by atoms with Gasteiger partial charge in [-0.25, -0.2) is 0 Å². The first-order chi connectivity index (χ1) is 23.8. The Balaban J connectivity index is 1.29. The predicted octanol–water partition coefficient (Wildman–Crippen LogP) is 13.8. The molecule has 0 fully saturated rings. The van der Waals surface area contributed by atoms with Crippen molar-refractivity contribution >= 4 is 91.7 Å². The molecule has 10 rings (SSSR count). The molecule has 48 heavy (non-hydrogen) atoms. The molecule has 0 N–H and O–H groups in total. The van der Waals surface area contributed by atoms with Gasteiger partial charge >= 0.3 is 0 Å². The van der Waals surface area contributed by atoms with Gasteiger partial charge in [-0.15, -0.1) is 11.3 Å². The van der Waals surface area contributed by atoms with Crippen LogP contribution in [0.25, 0.3) is 74.4 Å². The van der Waals surface area contributed by atoms with Crippen LogP contribution in [0.15, 0.2) is 176 Å². The third-order valence-electron chi connectivity index (χ3n) is 9.81. The van der Waals surface area contributed by atoms with E-state index in [1.807, 2.05) is 11.3 Å². The van der Waals surface area contributed by atoms with E-state index in [0.29, 0.717) is 0 Å². The third kappa shape index (κ3) is 4.17. The van der Waals surface area contributed by atoms with Crippen molar-refractivity contribution in [3.8, 4) is 11.1 Å². The molecule has 0 aliphatic rings. The molecule has 0 saturated carbocycles. The molecule has 0 saturated heterocycles. The lowest BCUT2D eigenvalue weighted by Crippen LogP contribution is -2.11. The fraction of sp³-hybridized carbons (Fsp3) is 0. The molecule has 9 aromatic carbocycles. The maximum atomic E-state index is 2.49. The van der Waals surface area contributed by atoms with Gasteiger partial charge < -0.3 is 4.90 Å². The Hall–Kier alpha value is -5.96. The maximum Gasteiger partial charge on any atom is 0.0640 e. The van der Waals surface area contributed by atoms with Crippen LogP contribution in [0.2, 0.25) is 0 Å². The van der Waals surface area contributed by atoms with Crippen LogP contribution in [0.4, 0.5) is 17.1 Å². The number of benzene rings is 9. The van der Waals surface area contributed by atoms with E-state index in [4.69, 9.17) is 0 Å². The lowest BCUT2D eigenvalue weighted by Gasteiger charge is -2.28. The summed E-state index contributed by atoms with van der Waals surface area (Å²) in [7, 11) is 0. The molecule has 0 aliphatic carbocycles. The SMILES string of the molecule is c1ccc(-c2ccc(N(c3cc4ccc5ccccc5c4c4ccccc34)c3cccc4c3sc3c5ccccc5ccc43)cc2)cc1. The number of thiophene rings is 1.